The van der Waals surface area contributed by atoms with Gasteiger partial charge in [-0.15, -0.1) is 5.56 Å². The van der Waals surface area contributed by atoms with E-state index in [1.54, 1.807) is 0 Å². The molecule has 0 saturated heterocycles. The SMILES string of the molecule is CCc1ccc[c-]1N.[Fe+2].c1cc[cH-]c1. The van der Waals surface area contributed by atoms with Gasteiger partial charge in [0.05, 0.1) is 0 Å². The molecule has 2 aromatic carbocycles. The Balaban J connectivity index is 0.000000246. The first-order valence-corrected chi connectivity index (χ1v) is 4.51. The van der Waals surface area contributed by atoms with E-state index in [1.165, 1.54) is 5.56 Å². The van der Waals surface area contributed by atoms with E-state index in [-0.39, 0.29) is 17.1 Å². The fraction of sp³-hybridized carbons (Fsp3) is 0.167. The molecule has 0 aliphatic heterocycles. The number of nitrogen functional groups attached to an aromatic ring is 1. The average Bonchev–Trinajstić information content (AvgIpc) is 2.76. The molecule has 0 radical (unpaired) electrons. The standard InChI is InChI=1S/C7H10N.C5H5.Fe/c1-2-6-4-3-5-7(6)8;1-2-4-5-3-1;/h3-5H,2,8H2,1H3;1-5H;/q2*-1;+2. The van der Waals surface area contributed by atoms with Crippen molar-refractivity contribution in [3.8, 4) is 0 Å². The Morgan fingerprint density at radius 3 is 2.14 bits per heavy atom. The number of nitrogens with two attached hydrogens (primary N) is 1. The van der Waals surface area contributed by atoms with Gasteiger partial charge in [-0.2, -0.15) is 24.3 Å². The van der Waals surface area contributed by atoms with Gasteiger partial charge in [0.25, 0.3) is 0 Å². The summed E-state index contributed by atoms with van der Waals surface area (Å²) in [6.45, 7) is 2.10. The van der Waals surface area contributed by atoms with Gasteiger partial charge in [-0.3, -0.25) is 0 Å². The van der Waals surface area contributed by atoms with Gasteiger partial charge in [-0.1, -0.05) is 19.0 Å². The first-order valence-electron chi connectivity index (χ1n) is 4.51. The molecule has 2 heteroatoms. The number of aryl methyl sites for hydroxylation is 1. The molecule has 0 amide bonds. The summed E-state index contributed by atoms with van der Waals surface area (Å²) in [5, 5.41) is 0. The normalized spacial score (nSPS) is 8.36. The van der Waals surface area contributed by atoms with Crippen molar-refractivity contribution >= 4 is 5.69 Å². The molecule has 0 atom stereocenters. The van der Waals surface area contributed by atoms with Crippen molar-refractivity contribution in [2.24, 2.45) is 0 Å². The van der Waals surface area contributed by atoms with Gasteiger partial charge in [0.1, 0.15) is 0 Å². The predicted molar refractivity (Wildman–Crippen MR) is 57.9 cm³/mol. The summed E-state index contributed by atoms with van der Waals surface area (Å²) in [6, 6.07) is 16.0. The van der Waals surface area contributed by atoms with E-state index in [4.69, 9.17) is 5.73 Å². The Morgan fingerprint density at radius 2 is 1.93 bits per heavy atom. The van der Waals surface area contributed by atoms with E-state index in [9.17, 15) is 0 Å². The molecule has 76 valence electrons. The predicted octanol–water partition coefficient (Wildman–Crippen LogP) is 2.95. The van der Waals surface area contributed by atoms with Crippen LogP contribution in [-0.2, 0) is 23.5 Å². The van der Waals surface area contributed by atoms with Gasteiger partial charge < -0.3 is 5.73 Å². The molecule has 0 aliphatic rings. The van der Waals surface area contributed by atoms with E-state index in [0.717, 1.165) is 12.1 Å². The molecule has 2 aromatic rings. The molecule has 1 nitrogen and oxygen atoms in total. The van der Waals surface area contributed by atoms with E-state index in [1.807, 2.05) is 42.5 Å². The second-order valence-electron chi connectivity index (χ2n) is 2.82. The molecule has 2 rings (SSSR count). The van der Waals surface area contributed by atoms with Crippen molar-refractivity contribution in [3.05, 3.63) is 54.1 Å². The molecule has 0 fully saturated rings. The van der Waals surface area contributed by atoms with Crippen LogP contribution in [0.4, 0.5) is 5.69 Å². The minimum atomic E-state index is 0. The van der Waals surface area contributed by atoms with E-state index in [2.05, 4.69) is 13.0 Å². The van der Waals surface area contributed by atoms with Crippen LogP contribution in [0.1, 0.15) is 12.5 Å². The van der Waals surface area contributed by atoms with Crippen molar-refractivity contribution in [2.45, 2.75) is 13.3 Å². The second kappa shape index (κ2) is 7.43. The van der Waals surface area contributed by atoms with Gasteiger partial charge in [0, 0.05) is 0 Å². The second-order valence-corrected chi connectivity index (χ2v) is 2.82. The molecule has 0 bridgehead atoms. The zero-order valence-electron chi connectivity index (χ0n) is 8.26. The summed E-state index contributed by atoms with van der Waals surface area (Å²) in [5.41, 5.74) is 7.73. The minimum Gasteiger partial charge on any atom is -0.449 e. The number of rotatable bonds is 1. The molecule has 0 saturated carbocycles. The van der Waals surface area contributed by atoms with Crippen molar-refractivity contribution in [2.75, 3.05) is 5.73 Å². The number of anilines is 1. The zero-order valence-corrected chi connectivity index (χ0v) is 9.36. The first-order chi connectivity index (χ1) is 6.34. The molecular formula is C12H15FeN. The first kappa shape index (κ1) is 13.0. The van der Waals surface area contributed by atoms with Crippen molar-refractivity contribution in [1.29, 1.82) is 0 Å². The van der Waals surface area contributed by atoms with Crippen molar-refractivity contribution < 1.29 is 17.1 Å². The smallest absolute Gasteiger partial charge is 0.449 e. The molecule has 0 heterocycles. The Labute approximate surface area is 96.1 Å². The topological polar surface area (TPSA) is 26.0 Å². The fourth-order valence-corrected chi connectivity index (χ4v) is 1.11. The molecule has 2 N–H and O–H groups in total. The largest absolute Gasteiger partial charge is 2.00 e. The van der Waals surface area contributed by atoms with Crippen LogP contribution >= 0.6 is 0 Å². The van der Waals surface area contributed by atoms with Gasteiger partial charge in [-0.05, 0) is 0 Å². The molecule has 0 spiro atoms. The maximum absolute atomic E-state index is 5.55. The van der Waals surface area contributed by atoms with E-state index < -0.39 is 0 Å². The summed E-state index contributed by atoms with van der Waals surface area (Å²) in [5.74, 6) is 0. The van der Waals surface area contributed by atoms with E-state index >= 15 is 0 Å². The number of hydrogen-bond donors (Lipinski definition) is 1. The van der Waals surface area contributed by atoms with Crippen LogP contribution in [-0.4, -0.2) is 0 Å². The van der Waals surface area contributed by atoms with Gasteiger partial charge >= 0.3 is 17.1 Å². The van der Waals surface area contributed by atoms with Crippen LogP contribution in [0, 0.1) is 0 Å². The van der Waals surface area contributed by atoms with Crippen LogP contribution in [0.5, 0.6) is 0 Å². The van der Waals surface area contributed by atoms with Crippen LogP contribution in [0.15, 0.2) is 48.5 Å². The zero-order chi connectivity index (χ0) is 9.52. The van der Waals surface area contributed by atoms with Crippen LogP contribution in [0.25, 0.3) is 0 Å². The average molecular weight is 229 g/mol. The third-order valence-electron chi connectivity index (χ3n) is 1.88. The summed E-state index contributed by atoms with van der Waals surface area (Å²) in [6.07, 6.45) is 1.04. The monoisotopic (exact) mass is 229 g/mol. The van der Waals surface area contributed by atoms with E-state index in [0.29, 0.717) is 0 Å². The van der Waals surface area contributed by atoms with Crippen molar-refractivity contribution in [1.82, 2.24) is 0 Å². The maximum Gasteiger partial charge on any atom is 2.00 e. The third kappa shape index (κ3) is 4.31. The summed E-state index contributed by atoms with van der Waals surface area (Å²) >= 11 is 0. The molecule has 14 heavy (non-hydrogen) atoms. The Hall–Kier alpha value is -0.981. The summed E-state index contributed by atoms with van der Waals surface area (Å²) in [7, 11) is 0. The summed E-state index contributed by atoms with van der Waals surface area (Å²) in [4.78, 5) is 0. The Bertz CT molecular complexity index is 291. The van der Waals surface area contributed by atoms with Crippen LogP contribution < -0.4 is 5.73 Å². The number of hydrogen-bond acceptors (Lipinski definition) is 1. The molecule has 0 aromatic heterocycles. The fourth-order valence-electron chi connectivity index (χ4n) is 1.11. The maximum atomic E-state index is 5.55. The van der Waals surface area contributed by atoms with Gasteiger partial charge in [0.15, 0.2) is 0 Å². The Morgan fingerprint density at radius 1 is 1.29 bits per heavy atom. The van der Waals surface area contributed by atoms with Crippen molar-refractivity contribution in [3.63, 3.8) is 0 Å². The third-order valence-corrected chi connectivity index (χ3v) is 1.88. The van der Waals surface area contributed by atoms with Crippen LogP contribution in [0.3, 0.4) is 0 Å². The molecular weight excluding hydrogens is 214 g/mol. The molecule has 0 unspecified atom stereocenters. The minimum absolute atomic E-state index is 0. The van der Waals surface area contributed by atoms with Gasteiger partial charge in [-0.25, -0.2) is 24.3 Å². The quantitative estimate of drug-likeness (QED) is 0.590. The van der Waals surface area contributed by atoms with Crippen LogP contribution in [0.2, 0.25) is 0 Å². The molecule has 0 aliphatic carbocycles. The van der Waals surface area contributed by atoms with Gasteiger partial charge in [0.2, 0.25) is 0 Å². The summed E-state index contributed by atoms with van der Waals surface area (Å²) < 4.78 is 0. The Kier molecular flexibility index (Phi) is 6.91.